The first kappa shape index (κ1) is 15.1. The van der Waals surface area contributed by atoms with Crippen LogP contribution in [-0.4, -0.2) is 5.11 Å². The van der Waals surface area contributed by atoms with Gasteiger partial charge in [0.1, 0.15) is 0 Å². The summed E-state index contributed by atoms with van der Waals surface area (Å²) in [6.45, 7) is 2.58. The molecule has 2 N–H and O–H groups in total. The lowest BCUT2D eigenvalue weighted by Gasteiger charge is -2.12. The van der Waals surface area contributed by atoms with E-state index in [4.69, 9.17) is 35.4 Å². The van der Waals surface area contributed by atoms with Gasteiger partial charge in [0.15, 0.2) is 5.11 Å². The predicted octanol–water partition coefficient (Wildman–Crippen LogP) is 4.79. The van der Waals surface area contributed by atoms with E-state index in [1.165, 1.54) is 0 Å². The Hall–Kier alpha value is -1.29. The highest BCUT2D eigenvalue weighted by molar-refractivity contribution is 7.80. The Morgan fingerprint density at radius 3 is 2.55 bits per heavy atom. The summed E-state index contributed by atoms with van der Waals surface area (Å²) in [5.74, 6) is 0. The number of rotatable bonds is 3. The minimum atomic E-state index is 0.523. The SMILES string of the molecule is Cc1ccc(CNC(=S)Nc2ccccc2Cl)cc1Cl. The number of thiocarbonyl (C=S) groups is 1. The molecule has 0 saturated carbocycles. The zero-order valence-corrected chi connectivity index (χ0v) is 13.2. The molecule has 2 rings (SSSR count). The predicted molar refractivity (Wildman–Crippen MR) is 90.7 cm³/mol. The quantitative estimate of drug-likeness (QED) is 0.794. The molecule has 0 aromatic heterocycles. The van der Waals surface area contributed by atoms with Crippen LogP contribution in [0.25, 0.3) is 0 Å². The van der Waals surface area contributed by atoms with E-state index >= 15 is 0 Å². The second kappa shape index (κ2) is 6.93. The van der Waals surface area contributed by atoms with Crippen molar-refractivity contribution in [1.29, 1.82) is 0 Å². The number of benzene rings is 2. The Kier molecular flexibility index (Phi) is 5.24. The van der Waals surface area contributed by atoms with Crippen LogP contribution >= 0.6 is 35.4 Å². The fourth-order valence-electron chi connectivity index (χ4n) is 1.66. The van der Waals surface area contributed by atoms with Crippen LogP contribution < -0.4 is 10.6 Å². The third-order valence-electron chi connectivity index (χ3n) is 2.81. The lowest BCUT2D eigenvalue weighted by atomic mass is 10.1. The van der Waals surface area contributed by atoms with Crippen molar-refractivity contribution in [3.8, 4) is 0 Å². The van der Waals surface area contributed by atoms with Gasteiger partial charge in [-0.3, -0.25) is 0 Å². The average Bonchev–Trinajstić information content (AvgIpc) is 2.43. The lowest BCUT2D eigenvalue weighted by Crippen LogP contribution is -2.28. The van der Waals surface area contributed by atoms with E-state index in [0.29, 0.717) is 16.7 Å². The Morgan fingerprint density at radius 2 is 1.85 bits per heavy atom. The molecule has 0 amide bonds. The summed E-state index contributed by atoms with van der Waals surface area (Å²) >= 11 is 17.4. The third kappa shape index (κ3) is 4.10. The Balaban J connectivity index is 1.92. The molecule has 0 spiro atoms. The molecule has 0 saturated heterocycles. The summed E-state index contributed by atoms with van der Waals surface area (Å²) in [7, 11) is 0. The second-order valence-electron chi connectivity index (χ2n) is 4.37. The highest BCUT2D eigenvalue weighted by atomic mass is 35.5. The summed E-state index contributed by atoms with van der Waals surface area (Å²) in [5.41, 5.74) is 2.92. The van der Waals surface area contributed by atoms with Gasteiger partial charge < -0.3 is 10.6 Å². The molecular formula is C15H14Cl2N2S. The molecular weight excluding hydrogens is 311 g/mol. The minimum Gasteiger partial charge on any atom is -0.358 e. The highest BCUT2D eigenvalue weighted by Crippen LogP contribution is 2.20. The standard InChI is InChI=1S/C15H14Cl2N2S/c1-10-6-7-11(8-13(10)17)9-18-15(20)19-14-5-3-2-4-12(14)16/h2-8H,9H2,1H3,(H2,18,19,20). The van der Waals surface area contributed by atoms with Gasteiger partial charge in [-0.15, -0.1) is 0 Å². The number of hydrogen-bond acceptors (Lipinski definition) is 1. The molecule has 2 nitrogen and oxygen atoms in total. The van der Waals surface area contributed by atoms with Crippen molar-refractivity contribution in [2.45, 2.75) is 13.5 Å². The molecule has 104 valence electrons. The maximum Gasteiger partial charge on any atom is 0.171 e. The van der Waals surface area contributed by atoms with Crippen molar-refractivity contribution in [3.05, 3.63) is 63.6 Å². The van der Waals surface area contributed by atoms with Crippen LogP contribution in [0.15, 0.2) is 42.5 Å². The van der Waals surface area contributed by atoms with Crippen molar-refractivity contribution in [2.24, 2.45) is 0 Å². The molecule has 5 heteroatoms. The van der Waals surface area contributed by atoms with Crippen LogP contribution in [-0.2, 0) is 6.54 Å². The van der Waals surface area contributed by atoms with Crippen molar-refractivity contribution < 1.29 is 0 Å². The van der Waals surface area contributed by atoms with Crippen LogP contribution in [0.4, 0.5) is 5.69 Å². The van der Waals surface area contributed by atoms with Gasteiger partial charge in [-0.1, -0.05) is 47.5 Å². The first-order valence-corrected chi connectivity index (χ1v) is 7.27. The Morgan fingerprint density at radius 1 is 1.10 bits per heavy atom. The number of halogens is 2. The fraction of sp³-hybridized carbons (Fsp3) is 0.133. The molecule has 2 aromatic rings. The van der Waals surface area contributed by atoms with Crippen molar-refractivity contribution in [3.63, 3.8) is 0 Å². The molecule has 0 aliphatic carbocycles. The number of hydrogen-bond donors (Lipinski definition) is 2. The maximum atomic E-state index is 6.09. The maximum absolute atomic E-state index is 6.09. The van der Waals surface area contributed by atoms with E-state index in [-0.39, 0.29) is 0 Å². The van der Waals surface area contributed by atoms with E-state index in [9.17, 15) is 0 Å². The van der Waals surface area contributed by atoms with Crippen LogP contribution in [0, 0.1) is 6.92 Å². The van der Waals surface area contributed by atoms with Gasteiger partial charge in [-0.2, -0.15) is 0 Å². The van der Waals surface area contributed by atoms with Gasteiger partial charge in [0, 0.05) is 11.6 Å². The molecule has 0 radical (unpaired) electrons. The molecule has 0 unspecified atom stereocenters. The molecule has 0 atom stereocenters. The van der Waals surface area contributed by atoms with Gasteiger partial charge in [0.05, 0.1) is 10.7 Å². The monoisotopic (exact) mass is 324 g/mol. The normalized spacial score (nSPS) is 10.2. The van der Waals surface area contributed by atoms with E-state index in [1.54, 1.807) is 0 Å². The molecule has 20 heavy (non-hydrogen) atoms. The Bertz CT molecular complexity index is 629. The molecule has 2 aromatic carbocycles. The first-order chi connectivity index (χ1) is 9.56. The number of aryl methyl sites for hydroxylation is 1. The summed E-state index contributed by atoms with van der Waals surface area (Å²) in [6, 6.07) is 13.4. The zero-order valence-electron chi connectivity index (χ0n) is 10.9. The molecule has 0 aliphatic heterocycles. The van der Waals surface area contributed by atoms with Crippen molar-refractivity contribution >= 4 is 46.2 Å². The smallest absolute Gasteiger partial charge is 0.171 e. The van der Waals surface area contributed by atoms with E-state index in [1.807, 2.05) is 49.4 Å². The molecule has 0 fully saturated rings. The van der Waals surface area contributed by atoms with E-state index in [0.717, 1.165) is 21.8 Å². The molecule has 0 aliphatic rings. The summed E-state index contributed by atoms with van der Waals surface area (Å²) < 4.78 is 0. The molecule has 0 heterocycles. The largest absolute Gasteiger partial charge is 0.358 e. The van der Waals surface area contributed by atoms with Crippen LogP contribution in [0.3, 0.4) is 0 Å². The summed E-state index contributed by atoms with van der Waals surface area (Å²) in [5, 5.41) is 8.10. The fourth-order valence-corrected chi connectivity index (χ4v) is 2.23. The number of nitrogens with one attached hydrogen (secondary N) is 2. The average molecular weight is 325 g/mol. The van der Waals surface area contributed by atoms with Crippen molar-refractivity contribution in [2.75, 3.05) is 5.32 Å². The number of anilines is 1. The van der Waals surface area contributed by atoms with Crippen molar-refractivity contribution in [1.82, 2.24) is 5.32 Å². The van der Waals surface area contributed by atoms with Crippen LogP contribution in [0.5, 0.6) is 0 Å². The zero-order chi connectivity index (χ0) is 14.5. The van der Waals surface area contributed by atoms with E-state index < -0.39 is 0 Å². The van der Waals surface area contributed by atoms with Gasteiger partial charge >= 0.3 is 0 Å². The highest BCUT2D eigenvalue weighted by Gasteiger charge is 2.02. The summed E-state index contributed by atoms with van der Waals surface area (Å²) in [4.78, 5) is 0. The first-order valence-electron chi connectivity index (χ1n) is 6.10. The molecule has 0 bridgehead atoms. The lowest BCUT2D eigenvalue weighted by molar-refractivity contribution is 0.925. The summed E-state index contributed by atoms with van der Waals surface area (Å²) in [6.07, 6.45) is 0. The van der Waals surface area contributed by atoms with Crippen LogP contribution in [0.1, 0.15) is 11.1 Å². The second-order valence-corrected chi connectivity index (χ2v) is 5.59. The van der Waals surface area contributed by atoms with Gasteiger partial charge in [-0.25, -0.2) is 0 Å². The third-order valence-corrected chi connectivity index (χ3v) is 3.79. The Labute approximate surface area is 134 Å². The van der Waals surface area contributed by atoms with Gasteiger partial charge in [-0.05, 0) is 48.5 Å². The van der Waals surface area contributed by atoms with Gasteiger partial charge in [0.25, 0.3) is 0 Å². The number of para-hydroxylation sites is 1. The minimum absolute atomic E-state index is 0.523. The van der Waals surface area contributed by atoms with Gasteiger partial charge in [0.2, 0.25) is 0 Å². The topological polar surface area (TPSA) is 24.1 Å². The van der Waals surface area contributed by atoms with Crippen LogP contribution in [0.2, 0.25) is 10.0 Å². The van der Waals surface area contributed by atoms with E-state index in [2.05, 4.69) is 10.6 Å².